The molecule has 5 heteroatoms. The quantitative estimate of drug-likeness (QED) is 0.827. The maximum atomic E-state index is 13.1. The summed E-state index contributed by atoms with van der Waals surface area (Å²) < 4.78 is 10.9. The van der Waals surface area contributed by atoms with E-state index in [0.29, 0.717) is 12.6 Å². The first-order valence-corrected chi connectivity index (χ1v) is 9.34. The van der Waals surface area contributed by atoms with Crippen LogP contribution in [0.5, 0.6) is 11.5 Å². The smallest absolute Gasteiger partial charge is 0.264 e. The summed E-state index contributed by atoms with van der Waals surface area (Å²) in [5.41, 5.74) is 2.16. The van der Waals surface area contributed by atoms with Crippen LogP contribution in [-0.2, 0) is 6.54 Å². The number of thiophene rings is 1. The molecule has 126 valence electrons. The number of benzene rings is 1. The summed E-state index contributed by atoms with van der Waals surface area (Å²) in [4.78, 5) is 16.1. The van der Waals surface area contributed by atoms with Crippen molar-refractivity contribution in [1.82, 2.24) is 4.90 Å². The maximum absolute atomic E-state index is 13.1. The van der Waals surface area contributed by atoms with Gasteiger partial charge in [0.25, 0.3) is 5.91 Å². The van der Waals surface area contributed by atoms with Crippen LogP contribution in [0.1, 0.15) is 46.5 Å². The van der Waals surface area contributed by atoms with Gasteiger partial charge in [0.15, 0.2) is 11.5 Å². The molecule has 24 heavy (non-hydrogen) atoms. The Morgan fingerprint density at radius 1 is 1.21 bits per heavy atom. The van der Waals surface area contributed by atoms with Gasteiger partial charge in [-0.05, 0) is 54.5 Å². The Labute approximate surface area is 146 Å². The fourth-order valence-electron chi connectivity index (χ4n) is 3.54. The van der Waals surface area contributed by atoms with Crippen LogP contribution in [-0.4, -0.2) is 23.6 Å². The topological polar surface area (TPSA) is 38.8 Å². The third-order valence-electron chi connectivity index (χ3n) is 4.87. The van der Waals surface area contributed by atoms with E-state index in [4.69, 9.17) is 9.47 Å². The molecule has 1 fully saturated rings. The van der Waals surface area contributed by atoms with Gasteiger partial charge in [-0.1, -0.05) is 18.9 Å². The summed E-state index contributed by atoms with van der Waals surface area (Å²) in [6.07, 6.45) is 4.61. The molecule has 1 aromatic carbocycles. The Balaban J connectivity index is 1.61. The zero-order valence-corrected chi connectivity index (χ0v) is 14.6. The molecule has 0 radical (unpaired) electrons. The number of hydrogen-bond acceptors (Lipinski definition) is 4. The molecule has 2 aromatic rings. The predicted octanol–water partition coefficient (Wildman–Crippen LogP) is 4.37. The SMILES string of the molecule is Cc1ccsc1C(=O)N(Cc1ccc2c(c1)OCO2)C1CCCC1. The van der Waals surface area contributed by atoms with Crippen LogP contribution in [0, 0.1) is 6.92 Å². The molecule has 0 N–H and O–H groups in total. The molecule has 1 amide bonds. The molecular formula is C19H21NO3S. The summed E-state index contributed by atoms with van der Waals surface area (Å²) >= 11 is 1.54. The van der Waals surface area contributed by atoms with Gasteiger partial charge >= 0.3 is 0 Å². The van der Waals surface area contributed by atoms with Crippen molar-refractivity contribution in [2.45, 2.75) is 45.2 Å². The Hall–Kier alpha value is -2.01. The van der Waals surface area contributed by atoms with Gasteiger partial charge in [0.2, 0.25) is 6.79 Å². The van der Waals surface area contributed by atoms with Crippen molar-refractivity contribution in [3.05, 3.63) is 45.6 Å². The Kier molecular flexibility index (Phi) is 4.19. The number of carbonyl (C=O) groups excluding carboxylic acids is 1. The molecular weight excluding hydrogens is 322 g/mol. The van der Waals surface area contributed by atoms with Crippen LogP contribution in [0.3, 0.4) is 0 Å². The van der Waals surface area contributed by atoms with E-state index in [1.165, 1.54) is 24.2 Å². The second kappa shape index (κ2) is 6.48. The van der Waals surface area contributed by atoms with E-state index in [1.807, 2.05) is 36.6 Å². The molecule has 4 rings (SSSR count). The van der Waals surface area contributed by atoms with Crippen molar-refractivity contribution in [2.24, 2.45) is 0 Å². The van der Waals surface area contributed by atoms with Crippen molar-refractivity contribution in [1.29, 1.82) is 0 Å². The van der Waals surface area contributed by atoms with E-state index in [-0.39, 0.29) is 12.7 Å². The van der Waals surface area contributed by atoms with Gasteiger partial charge in [-0.25, -0.2) is 0 Å². The number of aryl methyl sites for hydroxylation is 1. The zero-order valence-electron chi connectivity index (χ0n) is 13.8. The molecule has 1 aliphatic heterocycles. The summed E-state index contributed by atoms with van der Waals surface area (Å²) in [5, 5.41) is 2.00. The largest absolute Gasteiger partial charge is 0.454 e. The van der Waals surface area contributed by atoms with E-state index in [0.717, 1.165) is 40.3 Å². The standard InChI is InChI=1S/C19H21NO3S/c1-13-8-9-24-18(13)19(21)20(15-4-2-3-5-15)11-14-6-7-16-17(10-14)23-12-22-16/h6-10,15H,2-5,11-12H2,1H3. The fourth-order valence-corrected chi connectivity index (χ4v) is 4.42. The average Bonchev–Trinajstić information content (AvgIpc) is 3.32. The number of nitrogens with zero attached hydrogens (tertiary/aromatic N) is 1. The number of carbonyl (C=O) groups is 1. The molecule has 1 saturated carbocycles. The highest BCUT2D eigenvalue weighted by Gasteiger charge is 2.29. The van der Waals surface area contributed by atoms with Gasteiger partial charge in [-0.3, -0.25) is 4.79 Å². The minimum absolute atomic E-state index is 0.159. The van der Waals surface area contributed by atoms with Crippen LogP contribution in [0.25, 0.3) is 0 Å². The number of ether oxygens (including phenoxy) is 2. The molecule has 4 nitrogen and oxygen atoms in total. The van der Waals surface area contributed by atoms with Crippen LogP contribution in [0.4, 0.5) is 0 Å². The second-order valence-corrected chi connectivity index (χ2v) is 7.41. The van der Waals surface area contributed by atoms with E-state index in [2.05, 4.69) is 4.90 Å². The number of hydrogen-bond donors (Lipinski definition) is 0. The molecule has 0 saturated heterocycles. The number of rotatable bonds is 4. The van der Waals surface area contributed by atoms with E-state index in [9.17, 15) is 4.79 Å². The Morgan fingerprint density at radius 2 is 2.00 bits per heavy atom. The van der Waals surface area contributed by atoms with E-state index in [1.54, 1.807) is 0 Å². The lowest BCUT2D eigenvalue weighted by molar-refractivity contribution is 0.0668. The Morgan fingerprint density at radius 3 is 2.75 bits per heavy atom. The first-order valence-electron chi connectivity index (χ1n) is 8.46. The summed E-state index contributed by atoms with van der Waals surface area (Å²) in [6, 6.07) is 8.32. The van der Waals surface area contributed by atoms with Gasteiger partial charge in [0, 0.05) is 12.6 Å². The lowest BCUT2D eigenvalue weighted by Crippen LogP contribution is -2.38. The number of fused-ring (bicyclic) bond motifs is 1. The zero-order chi connectivity index (χ0) is 16.5. The highest BCUT2D eigenvalue weighted by molar-refractivity contribution is 7.12. The van der Waals surface area contributed by atoms with Gasteiger partial charge < -0.3 is 14.4 Å². The minimum atomic E-state index is 0.159. The molecule has 0 unspecified atom stereocenters. The molecule has 2 aliphatic rings. The summed E-state index contributed by atoms with van der Waals surface area (Å²) in [7, 11) is 0. The average molecular weight is 343 g/mol. The molecule has 2 heterocycles. The molecule has 0 spiro atoms. The number of amides is 1. The normalized spacial score (nSPS) is 16.5. The second-order valence-electron chi connectivity index (χ2n) is 6.49. The van der Waals surface area contributed by atoms with Crippen molar-refractivity contribution in [3.63, 3.8) is 0 Å². The van der Waals surface area contributed by atoms with Gasteiger partial charge in [0.1, 0.15) is 0 Å². The maximum Gasteiger partial charge on any atom is 0.264 e. The highest BCUT2D eigenvalue weighted by atomic mass is 32.1. The van der Waals surface area contributed by atoms with Gasteiger partial charge in [-0.15, -0.1) is 11.3 Å². The van der Waals surface area contributed by atoms with Gasteiger partial charge in [-0.2, -0.15) is 0 Å². The van der Waals surface area contributed by atoms with Crippen molar-refractivity contribution < 1.29 is 14.3 Å². The lowest BCUT2D eigenvalue weighted by Gasteiger charge is -2.29. The molecule has 1 aromatic heterocycles. The van der Waals surface area contributed by atoms with Crippen LogP contribution < -0.4 is 9.47 Å². The first-order chi connectivity index (χ1) is 11.7. The lowest BCUT2D eigenvalue weighted by atomic mass is 10.1. The van der Waals surface area contributed by atoms with E-state index < -0.39 is 0 Å². The predicted molar refractivity (Wildman–Crippen MR) is 93.8 cm³/mol. The minimum Gasteiger partial charge on any atom is -0.454 e. The van der Waals surface area contributed by atoms with Crippen LogP contribution in [0.2, 0.25) is 0 Å². The first kappa shape index (κ1) is 15.5. The Bertz CT molecular complexity index is 749. The van der Waals surface area contributed by atoms with Crippen molar-refractivity contribution in [3.8, 4) is 11.5 Å². The summed E-state index contributed by atoms with van der Waals surface area (Å²) in [5.74, 6) is 1.72. The third-order valence-corrected chi connectivity index (χ3v) is 5.88. The summed E-state index contributed by atoms with van der Waals surface area (Å²) in [6.45, 7) is 2.91. The molecule has 0 atom stereocenters. The third kappa shape index (κ3) is 2.88. The fraction of sp³-hybridized carbons (Fsp3) is 0.421. The monoisotopic (exact) mass is 343 g/mol. The van der Waals surface area contributed by atoms with Crippen molar-refractivity contribution >= 4 is 17.2 Å². The van der Waals surface area contributed by atoms with E-state index >= 15 is 0 Å². The molecule has 1 aliphatic carbocycles. The van der Waals surface area contributed by atoms with Gasteiger partial charge in [0.05, 0.1) is 4.88 Å². The van der Waals surface area contributed by atoms with Crippen LogP contribution >= 0.6 is 11.3 Å². The highest BCUT2D eigenvalue weighted by Crippen LogP contribution is 2.34. The van der Waals surface area contributed by atoms with Crippen molar-refractivity contribution in [2.75, 3.05) is 6.79 Å². The van der Waals surface area contributed by atoms with Crippen LogP contribution in [0.15, 0.2) is 29.6 Å². The molecule has 0 bridgehead atoms.